The van der Waals surface area contributed by atoms with Gasteiger partial charge in [-0.05, 0) is 40.5 Å². The highest BCUT2D eigenvalue weighted by Crippen LogP contribution is 2.16. The number of amides is 1. The third-order valence-corrected chi connectivity index (χ3v) is 3.89. The van der Waals surface area contributed by atoms with Gasteiger partial charge in [0.2, 0.25) is 0 Å². The molecule has 0 saturated heterocycles. The predicted molar refractivity (Wildman–Crippen MR) is 94.6 cm³/mol. The number of hydrogen-bond donors (Lipinski definition) is 2. The Morgan fingerprint density at radius 2 is 1.87 bits per heavy atom. The minimum Gasteiger partial charge on any atom is -0.444 e. The van der Waals surface area contributed by atoms with Crippen LogP contribution in [-0.2, 0) is 4.74 Å². The zero-order valence-electron chi connectivity index (χ0n) is 15.2. The van der Waals surface area contributed by atoms with E-state index in [1.807, 2.05) is 27.7 Å². The molecular weight excluding hydrogens is 292 g/mol. The first-order chi connectivity index (χ1) is 10.8. The summed E-state index contributed by atoms with van der Waals surface area (Å²) in [7, 11) is 0. The van der Waals surface area contributed by atoms with Gasteiger partial charge in [-0.15, -0.1) is 0 Å². The minimum atomic E-state index is -0.478. The first-order valence-corrected chi connectivity index (χ1v) is 8.86. The molecule has 1 amide bonds. The molecule has 3 N–H and O–H groups in total. The fraction of sp³-hybridized carbons (Fsp3) is 0.882. The number of guanidine groups is 1. The fourth-order valence-corrected chi connectivity index (χ4v) is 2.67. The van der Waals surface area contributed by atoms with Crippen molar-refractivity contribution in [1.82, 2.24) is 10.2 Å². The molecule has 0 aromatic heterocycles. The van der Waals surface area contributed by atoms with Gasteiger partial charge in [-0.2, -0.15) is 0 Å². The van der Waals surface area contributed by atoms with Crippen LogP contribution in [0.3, 0.4) is 0 Å². The van der Waals surface area contributed by atoms with E-state index in [1.165, 1.54) is 25.7 Å². The van der Waals surface area contributed by atoms with Gasteiger partial charge in [0.05, 0.1) is 6.54 Å². The second-order valence-corrected chi connectivity index (χ2v) is 7.16. The van der Waals surface area contributed by atoms with Crippen molar-refractivity contribution < 1.29 is 9.53 Å². The van der Waals surface area contributed by atoms with Gasteiger partial charge in [-0.1, -0.05) is 25.7 Å². The molecule has 0 aromatic carbocycles. The quantitative estimate of drug-likeness (QED) is 0.462. The van der Waals surface area contributed by atoms with E-state index in [-0.39, 0.29) is 6.09 Å². The number of ether oxygens (including phenoxy) is 1. The summed E-state index contributed by atoms with van der Waals surface area (Å²) in [5.74, 6) is 0.483. The fourth-order valence-electron chi connectivity index (χ4n) is 2.67. The van der Waals surface area contributed by atoms with Crippen LogP contribution in [0.25, 0.3) is 0 Å². The Bertz CT molecular complexity index is 383. The molecule has 0 atom stereocenters. The van der Waals surface area contributed by atoms with E-state index in [4.69, 9.17) is 10.5 Å². The molecule has 1 aliphatic rings. The number of nitrogens with zero attached hydrogens (tertiary/aromatic N) is 2. The molecule has 0 spiro atoms. The van der Waals surface area contributed by atoms with Crippen molar-refractivity contribution in [1.29, 1.82) is 0 Å². The van der Waals surface area contributed by atoms with Crippen LogP contribution in [-0.4, -0.2) is 48.2 Å². The highest BCUT2D eigenvalue weighted by Gasteiger charge is 2.20. The molecule has 1 saturated carbocycles. The number of hydrogen-bond acceptors (Lipinski definition) is 3. The van der Waals surface area contributed by atoms with Crippen molar-refractivity contribution >= 4 is 12.1 Å². The number of rotatable bonds is 5. The molecule has 0 heterocycles. The standard InChI is InChI=1S/C17H34N4O2/c1-5-21(16(22)23-17(2,3)4)13-12-19-15(18)20-14-10-8-6-7-9-11-14/h14H,5-13H2,1-4H3,(H3,18,19,20). The lowest BCUT2D eigenvalue weighted by Crippen LogP contribution is -2.41. The molecule has 6 nitrogen and oxygen atoms in total. The second-order valence-electron chi connectivity index (χ2n) is 7.16. The minimum absolute atomic E-state index is 0.300. The number of nitrogens with one attached hydrogen (secondary N) is 1. The molecule has 0 bridgehead atoms. The third kappa shape index (κ3) is 8.67. The molecule has 1 fully saturated rings. The Morgan fingerprint density at radius 3 is 2.39 bits per heavy atom. The van der Waals surface area contributed by atoms with E-state index < -0.39 is 5.60 Å². The van der Waals surface area contributed by atoms with Gasteiger partial charge in [0.15, 0.2) is 5.96 Å². The monoisotopic (exact) mass is 326 g/mol. The lowest BCUT2D eigenvalue weighted by molar-refractivity contribution is 0.0266. The van der Waals surface area contributed by atoms with Crippen LogP contribution >= 0.6 is 0 Å². The van der Waals surface area contributed by atoms with Crippen molar-refractivity contribution in [2.24, 2.45) is 10.7 Å². The average Bonchev–Trinajstić information content (AvgIpc) is 2.70. The van der Waals surface area contributed by atoms with Gasteiger partial charge in [0.1, 0.15) is 5.60 Å². The van der Waals surface area contributed by atoms with Crippen molar-refractivity contribution in [3.05, 3.63) is 0 Å². The molecular formula is C17H34N4O2. The molecule has 6 heteroatoms. The highest BCUT2D eigenvalue weighted by atomic mass is 16.6. The van der Waals surface area contributed by atoms with Crippen molar-refractivity contribution in [2.75, 3.05) is 19.6 Å². The highest BCUT2D eigenvalue weighted by molar-refractivity contribution is 5.78. The van der Waals surface area contributed by atoms with Gasteiger partial charge < -0.3 is 20.7 Å². The van der Waals surface area contributed by atoms with Gasteiger partial charge in [-0.3, -0.25) is 4.99 Å². The third-order valence-electron chi connectivity index (χ3n) is 3.89. The molecule has 0 unspecified atom stereocenters. The van der Waals surface area contributed by atoms with E-state index in [0.29, 0.717) is 31.6 Å². The zero-order valence-corrected chi connectivity index (χ0v) is 15.2. The summed E-state index contributed by atoms with van der Waals surface area (Å²) < 4.78 is 5.38. The van der Waals surface area contributed by atoms with Gasteiger partial charge in [0, 0.05) is 19.1 Å². The lowest BCUT2D eigenvalue weighted by atomic mass is 10.1. The molecule has 0 aliphatic heterocycles. The number of carbonyl (C=O) groups excluding carboxylic acids is 1. The molecule has 23 heavy (non-hydrogen) atoms. The number of aliphatic imine (C=N–C) groups is 1. The molecule has 1 rings (SSSR count). The molecule has 0 aromatic rings. The zero-order chi connectivity index (χ0) is 17.3. The van der Waals surface area contributed by atoms with Gasteiger partial charge in [0.25, 0.3) is 0 Å². The number of likely N-dealkylation sites (N-methyl/N-ethyl adjacent to an activating group) is 1. The second kappa shape index (κ2) is 9.63. The summed E-state index contributed by atoms with van der Waals surface area (Å²) in [4.78, 5) is 18.0. The molecule has 0 radical (unpaired) electrons. The first-order valence-electron chi connectivity index (χ1n) is 8.86. The first kappa shape index (κ1) is 19.6. The Kier molecular flexibility index (Phi) is 8.20. The Labute approximate surface area is 140 Å². The van der Waals surface area contributed by atoms with Crippen LogP contribution < -0.4 is 11.1 Å². The molecule has 1 aliphatic carbocycles. The largest absolute Gasteiger partial charge is 0.444 e. The van der Waals surface area contributed by atoms with Crippen LogP contribution in [0.4, 0.5) is 4.79 Å². The van der Waals surface area contributed by atoms with E-state index in [1.54, 1.807) is 4.90 Å². The van der Waals surface area contributed by atoms with Crippen LogP contribution in [0.5, 0.6) is 0 Å². The average molecular weight is 326 g/mol. The summed E-state index contributed by atoms with van der Waals surface area (Å²) in [5.41, 5.74) is 5.49. The van der Waals surface area contributed by atoms with Crippen LogP contribution in [0, 0.1) is 0 Å². The predicted octanol–water partition coefficient (Wildman–Crippen LogP) is 2.87. The van der Waals surface area contributed by atoms with E-state index in [9.17, 15) is 4.79 Å². The summed E-state index contributed by atoms with van der Waals surface area (Å²) in [6, 6.07) is 0.439. The van der Waals surface area contributed by atoms with Gasteiger partial charge >= 0.3 is 6.09 Å². The van der Waals surface area contributed by atoms with Crippen molar-refractivity contribution in [3.63, 3.8) is 0 Å². The van der Waals surface area contributed by atoms with Crippen LogP contribution in [0.15, 0.2) is 4.99 Å². The summed E-state index contributed by atoms with van der Waals surface area (Å²) >= 11 is 0. The van der Waals surface area contributed by atoms with Crippen molar-refractivity contribution in [2.45, 2.75) is 77.9 Å². The van der Waals surface area contributed by atoms with Crippen LogP contribution in [0.2, 0.25) is 0 Å². The Hall–Kier alpha value is -1.46. The number of nitrogens with two attached hydrogens (primary N) is 1. The Balaban J connectivity index is 2.37. The normalized spacial score (nSPS) is 17.5. The van der Waals surface area contributed by atoms with E-state index in [2.05, 4.69) is 10.3 Å². The van der Waals surface area contributed by atoms with E-state index >= 15 is 0 Å². The smallest absolute Gasteiger partial charge is 0.410 e. The maximum absolute atomic E-state index is 12.0. The SMILES string of the molecule is CCN(CCN=C(N)NC1CCCCCC1)C(=O)OC(C)(C)C. The maximum Gasteiger partial charge on any atom is 0.410 e. The van der Waals surface area contributed by atoms with Gasteiger partial charge in [-0.25, -0.2) is 4.79 Å². The van der Waals surface area contributed by atoms with E-state index in [0.717, 1.165) is 12.8 Å². The summed E-state index contributed by atoms with van der Waals surface area (Å²) in [6.07, 6.45) is 7.17. The molecule has 134 valence electrons. The maximum atomic E-state index is 12.0. The summed E-state index contributed by atoms with van der Waals surface area (Å²) in [6.45, 7) is 9.13. The summed E-state index contributed by atoms with van der Waals surface area (Å²) in [5, 5.41) is 3.31. The van der Waals surface area contributed by atoms with Crippen molar-refractivity contribution in [3.8, 4) is 0 Å². The Morgan fingerprint density at radius 1 is 1.26 bits per heavy atom. The topological polar surface area (TPSA) is 80.0 Å². The number of carbonyl (C=O) groups is 1. The van der Waals surface area contributed by atoms with Crippen LogP contribution in [0.1, 0.15) is 66.2 Å². The lowest BCUT2D eigenvalue weighted by Gasteiger charge is -2.26.